The molecule has 1 amide bonds. The van der Waals surface area contributed by atoms with Gasteiger partial charge in [-0.2, -0.15) is 5.10 Å². The van der Waals surface area contributed by atoms with Crippen molar-refractivity contribution < 1.29 is 15.0 Å². The largest absolute Gasteiger partial charge is 0.508 e. The fourth-order valence-corrected chi connectivity index (χ4v) is 3.11. The van der Waals surface area contributed by atoms with E-state index in [-0.39, 0.29) is 11.5 Å². The third-order valence-electron chi connectivity index (χ3n) is 4.61. The van der Waals surface area contributed by atoms with Gasteiger partial charge in [-0.25, -0.2) is 10.4 Å². The van der Waals surface area contributed by atoms with Crippen LogP contribution >= 0.6 is 0 Å². The molecule has 4 aromatic rings. The topological polar surface area (TPSA) is 108 Å². The van der Waals surface area contributed by atoms with Gasteiger partial charge in [0.1, 0.15) is 11.5 Å². The van der Waals surface area contributed by atoms with E-state index in [9.17, 15) is 15.0 Å². The summed E-state index contributed by atoms with van der Waals surface area (Å²) in [5, 5.41) is 24.2. The molecule has 0 spiro atoms. The van der Waals surface area contributed by atoms with E-state index in [2.05, 4.69) is 20.5 Å². The van der Waals surface area contributed by atoms with Crippen LogP contribution < -0.4 is 5.43 Å². The summed E-state index contributed by atoms with van der Waals surface area (Å²) >= 11 is 0. The number of phenolic OH excluding ortho intramolecular Hbond substituents is 2. The van der Waals surface area contributed by atoms with E-state index in [0.717, 1.165) is 5.56 Å². The van der Waals surface area contributed by atoms with E-state index in [4.69, 9.17) is 0 Å². The van der Waals surface area contributed by atoms with Gasteiger partial charge in [0.25, 0.3) is 5.91 Å². The Balaban J connectivity index is 1.70. The van der Waals surface area contributed by atoms with Gasteiger partial charge < -0.3 is 10.2 Å². The summed E-state index contributed by atoms with van der Waals surface area (Å²) in [6, 6.07) is 16.9. The summed E-state index contributed by atoms with van der Waals surface area (Å²) < 4.78 is 0. The Hall–Kier alpha value is -4.26. The number of nitrogens with zero attached hydrogens (tertiary/aromatic N) is 3. The van der Waals surface area contributed by atoms with E-state index in [0.29, 0.717) is 33.4 Å². The zero-order valence-corrected chi connectivity index (χ0v) is 16.1. The van der Waals surface area contributed by atoms with Crippen molar-refractivity contribution in [3.63, 3.8) is 0 Å². The van der Waals surface area contributed by atoms with Crippen molar-refractivity contribution >= 4 is 22.5 Å². The molecule has 2 aromatic heterocycles. The number of aromatic hydroxyl groups is 2. The molecule has 2 heterocycles. The molecule has 7 nitrogen and oxygen atoms in total. The predicted octanol–water partition coefficient (Wildman–Crippen LogP) is 3.86. The number of aromatic nitrogens is 2. The molecule has 2 aromatic carbocycles. The van der Waals surface area contributed by atoms with Gasteiger partial charge in [-0.1, -0.05) is 18.2 Å². The summed E-state index contributed by atoms with van der Waals surface area (Å²) in [4.78, 5) is 21.7. The molecule has 4 rings (SSSR count). The standard InChI is InChI=1S/C23H18N4O3/c1-14(17-9-8-16(28)11-22(17)29)26-27-23(30)19-12-21(15-5-4-10-24-13-15)25-20-7-3-2-6-18(19)20/h2-13,28-29H,1H3,(H,27,30). The molecule has 0 unspecified atom stereocenters. The van der Waals surface area contributed by atoms with Gasteiger partial charge in [0, 0.05) is 35.0 Å². The minimum absolute atomic E-state index is 0.0562. The lowest BCUT2D eigenvalue weighted by atomic mass is 10.0. The number of benzene rings is 2. The van der Waals surface area contributed by atoms with Crippen LogP contribution in [0.3, 0.4) is 0 Å². The summed E-state index contributed by atoms with van der Waals surface area (Å²) in [5.41, 5.74) is 5.87. The lowest BCUT2D eigenvalue weighted by Gasteiger charge is -2.09. The Bertz CT molecular complexity index is 1270. The van der Waals surface area contributed by atoms with E-state index >= 15 is 0 Å². The smallest absolute Gasteiger partial charge is 0.272 e. The summed E-state index contributed by atoms with van der Waals surface area (Å²) in [7, 11) is 0. The number of pyridine rings is 2. The monoisotopic (exact) mass is 398 g/mol. The number of amides is 1. The molecule has 3 N–H and O–H groups in total. The lowest BCUT2D eigenvalue weighted by Crippen LogP contribution is -2.20. The van der Waals surface area contributed by atoms with Gasteiger partial charge in [0.05, 0.1) is 22.5 Å². The Morgan fingerprint density at radius 3 is 2.60 bits per heavy atom. The van der Waals surface area contributed by atoms with Crippen molar-refractivity contribution in [3.05, 3.63) is 84.2 Å². The third kappa shape index (κ3) is 3.81. The van der Waals surface area contributed by atoms with Crippen LogP contribution in [0.4, 0.5) is 0 Å². The van der Waals surface area contributed by atoms with Gasteiger partial charge in [0.15, 0.2) is 0 Å². The van der Waals surface area contributed by atoms with Crippen LogP contribution in [0.25, 0.3) is 22.2 Å². The second kappa shape index (κ2) is 8.00. The highest BCUT2D eigenvalue weighted by molar-refractivity contribution is 6.08. The van der Waals surface area contributed by atoms with Crippen molar-refractivity contribution in [3.8, 4) is 22.8 Å². The highest BCUT2D eigenvalue weighted by Gasteiger charge is 2.14. The van der Waals surface area contributed by atoms with Crippen LogP contribution in [-0.4, -0.2) is 31.8 Å². The molecule has 0 radical (unpaired) electrons. The number of carbonyl (C=O) groups is 1. The molecule has 30 heavy (non-hydrogen) atoms. The minimum atomic E-state index is -0.406. The Morgan fingerprint density at radius 1 is 1.00 bits per heavy atom. The van der Waals surface area contributed by atoms with E-state index in [1.165, 1.54) is 18.2 Å². The molecule has 0 atom stereocenters. The van der Waals surface area contributed by atoms with E-state index in [1.54, 1.807) is 25.4 Å². The van der Waals surface area contributed by atoms with Crippen LogP contribution in [0.2, 0.25) is 0 Å². The number of hydrazone groups is 1. The van der Waals surface area contributed by atoms with Crippen molar-refractivity contribution in [1.82, 2.24) is 15.4 Å². The average Bonchev–Trinajstić information content (AvgIpc) is 2.77. The van der Waals surface area contributed by atoms with Crippen molar-refractivity contribution in [2.45, 2.75) is 6.92 Å². The molecule has 0 saturated carbocycles. The number of phenols is 2. The molecular formula is C23H18N4O3. The maximum Gasteiger partial charge on any atom is 0.272 e. The summed E-state index contributed by atoms with van der Waals surface area (Å²) in [6.45, 7) is 1.65. The van der Waals surface area contributed by atoms with Gasteiger partial charge >= 0.3 is 0 Å². The highest BCUT2D eigenvalue weighted by Crippen LogP contribution is 2.25. The molecule has 0 saturated heterocycles. The van der Waals surface area contributed by atoms with Crippen molar-refractivity contribution in [1.29, 1.82) is 0 Å². The van der Waals surface area contributed by atoms with Crippen LogP contribution in [0.1, 0.15) is 22.8 Å². The highest BCUT2D eigenvalue weighted by atomic mass is 16.3. The number of fused-ring (bicyclic) bond motifs is 1. The zero-order valence-electron chi connectivity index (χ0n) is 16.1. The molecular weight excluding hydrogens is 380 g/mol. The minimum Gasteiger partial charge on any atom is -0.508 e. The van der Waals surface area contributed by atoms with Crippen molar-refractivity contribution in [2.75, 3.05) is 0 Å². The van der Waals surface area contributed by atoms with E-state index in [1.807, 2.05) is 36.4 Å². The third-order valence-corrected chi connectivity index (χ3v) is 4.61. The average molecular weight is 398 g/mol. The number of rotatable bonds is 4. The fourth-order valence-electron chi connectivity index (χ4n) is 3.11. The van der Waals surface area contributed by atoms with Gasteiger partial charge in [-0.15, -0.1) is 0 Å². The maximum atomic E-state index is 13.0. The molecule has 0 aliphatic rings. The van der Waals surface area contributed by atoms with Gasteiger partial charge in [-0.3, -0.25) is 9.78 Å². The summed E-state index contributed by atoms with van der Waals surface area (Å²) in [6.07, 6.45) is 3.36. The first kappa shape index (κ1) is 19.1. The van der Waals surface area contributed by atoms with Crippen molar-refractivity contribution in [2.24, 2.45) is 5.10 Å². The van der Waals surface area contributed by atoms with E-state index < -0.39 is 5.91 Å². The fraction of sp³-hybridized carbons (Fsp3) is 0.0435. The first-order chi connectivity index (χ1) is 14.5. The summed E-state index contributed by atoms with van der Waals surface area (Å²) in [5.74, 6) is -0.589. The number of carbonyl (C=O) groups excluding carboxylic acids is 1. The Labute approximate surface area is 172 Å². The first-order valence-corrected chi connectivity index (χ1v) is 9.20. The first-order valence-electron chi connectivity index (χ1n) is 9.20. The molecule has 148 valence electrons. The molecule has 0 bridgehead atoms. The quantitative estimate of drug-likeness (QED) is 0.357. The molecule has 7 heteroatoms. The Kier molecular flexibility index (Phi) is 5.09. The zero-order chi connectivity index (χ0) is 21.1. The second-order valence-corrected chi connectivity index (χ2v) is 6.65. The lowest BCUT2D eigenvalue weighted by molar-refractivity contribution is 0.0956. The molecule has 0 aliphatic heterocycles. The normalized spacial score (nSPS) is 11.4. The number of hydrogen-bond acceptors (Lipinski definition) is 6. The van der Waals surface area contributed by atoms with Gasteiger partial charge in [0.2, 0.25) is 0 Å². The van der Waals surface area contributed by atoms with Gasteiger partial charge in [-0.05, 0) is 43.3 Å². The molecule has 0 fully saturated rings. The number of hydrogen-bond donors (Lipinski definition) is 3. The van der Waals surface area contributed by atoms with Crippen LogP contribution in [0, 0.1) is 0 Å². The maximum absolute atomic E-state index is 13.0. The van der Waals surface area contributed by atoms with Crippen LogP contribution in [0.15, 0.2) is 78.2 Å². The van der Waals surface area contributed by atoms with Crippen LogP contribution in [0.5, 0.6) is 11.5 Å². The number of nitrogens with one attached hydrogen (secondary N) is 1. The molecule has 0 aliphatic carbocycles. The SMILES string of the molecule is CC(=NNC(=O)c1cc(-c2cccnc2)nc2ccccc12)c1ccc(O)cc1O. The predicted molar refractivity (Wildman–Crippen MR) is 114 cm³/mol. The number of para-hydroxylation sites is 1. The second-order valence-electron chi connectivity index (χ2n) is 6.65. The Morgan fingerprint density at radius 2 is 1.83 bits per heavy atom. The van der Waals surface area contributed by atoms with Crippen LogP contribution in [-0.2, 0) is 0 Å².